The topological polar surface area (TPSA) is 59.6 Å². The average molecular weight is 315 g/mol. The standard InChI is InChI=1S/C15H22N2O3.ClH/c1-10-6-7-16-9-13(10)17-15(18)12-5-4-11(19-2)8-14(12)20-3;/h4-5,8,10,13,16H,6-7,9H2,1-3H3,(H,17,18);1H. The van der Waals surface area contributed by atoms with Crippen LogP contribution in [0.25, 0.3) is 0 Å². The lowest BCUT2D eigenvalue weighted by Crippen LogP contribution is -2.50. The zero-order chi connectivity index (χ0) is 14.5. The number of nitrogens with one attached hydrogen (secondary N) is 2. The molecule has 1 aliphatic rings. The molecule has 1 aliphatic heterocycles. The van der Waals surface area contributed by atoms with Crippen molar-refractivity contribution in [3.05, 3.63) is 23.8 Å². The molecule has 2 atom stereocenters. The fourth-order valence-corrected chi connectivity index (χ4v) is 2.42. The Hall–Kier alpha value is -1.46. The van der Waals surface area contributed by atoms with E-state index in [0.29, 0.717) is 23.0 Å². The maximum absolute atomic E-state index is 12.4. The molecule has 1 saturated heterocycles. The van der Waals surface area contributed by atoms with Gasteiger partial charge in [-0.3, -0.25) is 4.79 Å². The van der Waals surface area contributed by atoms with Crippen molar-refractivity contribution in [2.75, 3.05) is 27.3 Å². The number of hydrogen-bond donors (Lipinski definition) is 2. The highest BCUT2D eigenvalue weighted by molar-refractivity contribution is 5.97. The molecular weight excluding hydrogens is 292 g/mol. The number of piperidine rings is 1. The molecule has 0 aliphatic carbocycles. The van der Waals surface area contributed by atoms with Crippen molar-refractivity contribution in [2.24, 2.45) is 5.92 Å². The number of carbonyl (C=O) groups excluding carboxylic acids is 1. The molecule has 0 saturated carbocycles. The summed E-state index contributed by atoms with van der Waals surface area (Å²) in [6.07, 6.45) is 1.07. The molecule has 0 bridgehead atoms. The van der Waals surface area contributed by atoms with Gasteiger partial charge in [0.15, 0.2) is 0 Å². The smallest absolute Gasteiger partial charge is 0.255 e. The first-order valence-corrected chi connectivity index (χ1v) is 6.89. The minimum atomic E-state index is -0.106. The molecule has 1 amide bonds. The Morgan fingerprint density at radius 1 is 1.33 bits per heavy atom. The van der Waals surface area contributed by atoms with Crippen LogP contribution in [-0.2, 0) is 0 Å². The van der Waals surface area contributed by atoms with Crippen molar-refractivity contribution < 1.29 is 14.3 Å². The van der Waals surface area contributed by atoms with Crippen LogP contribution in [0.4, 0.5) is 0 Å². The van der Waals surface area contributed by atoms with E-state index in [1.165, 1.54) is 0 Å². The van der Waals surface area contributed by atoms with Gasteiger partial charge in [-0.2, -0.15) is 0 Å². The predicted molar refractivity (Wildman–Crippen MR) is 84.7 cm³/mol. The summed E-state index contributed by atoms with van der Waals surface area (Å²) >= 11 is 0. The van der Waals surface area contributed by atoms with Crippen molar-refractivity contribution in [2.45, 2.75) is 19.4 Å². The first-order valence-electron chi connectivity index (χ1n) is 6.89. The van der Waals surface area contributed by atoms with Crippen LogP contribution in [0.5, 0.6) is 11.5 Å². The Morgan fingerprint density at radius 2 is 2.10 bits per heavy atom. The first kappa shape index (κ1) is 17.6. The van der Waals surface area contributed by atoms with Crippen LogP contribution in [0.3, 0.4) is 0 Å². The molecule has 118 valence electrons. The van der Waals surface area contributed by atoms with E-state index in [1.807, 2.05) is 0 Å². The molecule has 2 rings (SSSR count). The normalized spacial score (nSPS) is 21.1. The average Bonchev–Trinajstić information content (AvgIpc) is 2.48. The van der Waals surface area contributed by atoms with Crippen LogP contribution in [0.2, 0.25) is 0 Å². The highest BCUT2D eigenvalue weighted by Gasteiger charge is 2.24. The number of hydrogen-bond acceptors (Lipinski definition) is 4. The van der Waals surface area contributed by atoms with E-state index in [9.17, 15) is 4.79 Å². The largest absolute Gasteiger partial charge is 0.497 e. The second-order valence-corrected chi connectivity index (χ2v) is 5.12. The van der Waals surface area contributed by atoms with Crippen LogP contribution in [0, 0.1) is 5.92 Å². The predicted octanol–water partition coefficient (Wildman–Crippen LogP) is 1.85. The van der Waals surface area contributed by atoms with Gasteiger partial charge in [-0.1, -0.05) is 6.92 Å². The van der Waals surface area contributed by atoms with Crippen LogP contribution >= 0.6 is 12.4 Å². The van der Waals surface area contributed by atoms with Gasteiger partial charge in [0.25, 0.3) is 5.91 Å². The van der Waals surface area contributed by atoms with Gasteiger partial charge < -0.3 is 20.1 Å². The zero-order valence-electron chi connectivity index (χ0n) is 12.6. The van der Waals surface area contributed by atoms with E-state index in [2.05, 4.69) is 17.6 Å². The molecule has 0 aromatic heterocycles. The SMILES string of the molecule is COc1ccc(C(=O)NC2CNCCC2C)c(OC)c1.Cl. The van der Waals surface area contributed by atoms with E-state index >= 15 is 0 Å². The molecule has 1 aromatic carbocycles. The summed E-state index contributed by atoms with van der Waals surface area (Å²) in [6.45, 7) is 3.99. The quantitative estimate of drug-likeness (QED) is 0.890. The van der Waals surface area contributed by atoms with E-state index < -0.39 is 0 Å². The van der Waals surface area contributed by atoms with Gasteiger partial charge in [-0.25, -0.2) is 0 Å². The lowest BCUT2D eigenvalue weighted by molar-refractivity contribution is 0.0912. The number of rotatable bonds is 4. The third kappa shape index (κ3) is 4.25. The number of carbonyl (C=O) groups is 1. The minimum absolute atomic E-state index is 0. The van der Waals surface area contributed by atoms with Crippen molar-refractivity contribution in [1.29, 1.82) is 0 Å². The van der Waals surface area contributed by atoms with E-state index in [0.717, 1.165) is 19.5 Å². The summed E-state index contributed by atoms with van der Waals surface area (Å²) in [5.41, 5.74) is 0.533. The van der Waals surface area contributed by atoms with Crippen LogP contribution in [0.1, 0.15) is 23.7 Å². The maximum atomic E-state index is 12.4. The van der Waals surface area contributed by atoms with Crippen molar-refractivity contribution >= 4 is 18.3 Å². The Balaban J connectivity index is 0.00000220. The molecule has 2 N–H and O–H groups in total. The number of methoxy groups -OCH3 is 2. The molecular formula is C15H23ClN2O3. The van der Waals surface area contributed by atoms with E-state index in [4.69, 9.17) is 9.47 Å². The molecule has 1 heterocycles. The van der Waals surface area contributed by atoms with Crippen molar-refractivity contribution in [1.82, 2.24) is 10.6 Å². The van der Waals surface area contributed by atoms with Crippen molar-refractivity contribution in [3.8, 4) is 11.5 Å². The van der Waals surface area contributed by atoms with Gasteiger partial charge in [-0.15, -0.1) is 12.4 Å². The molecule has 1 fully saturated rings. The number of amides is 1. The highest BCUT2D eigenvalue weighted by Crippen LogP contribution is 2.25. The van der Waals surface area contributed by atoms with Gasteiger partial charge in [0.1, 0.15) is 11.5 Å². The summed E-state index contributed by atoms with van der Waals surface area (Å²) < 4.78 is 10.4. The fourth-order valence-electron chi connectivity index (χ4n) is 2.42. The van der Waals surface area contributed by atoms with Gasteiger partial charge in [0.2, 0.25) is 0 Å². The monoisotopic (exact) mass is 314 g/mol. The van der Waals surface area contributed by atoms with Crippen LogP contribution < -0.4 is 20.1 Å². The Bertz CT molecular complexity index is 482. The van der Waals surface area contributed by atoms with E-state index in [1.54, 1.807) is 32.4 Å². The van der Waals surface area contributed by atoms with Crippen LogP contribution in [-0.4, -0.2) is 39.3 Å². The minimum Gasteiger partial charge on any atom is -0.497 e. The van der Waals surface area contributed by atoms with Gasteiger partial charge in [0, 0.05) is 18.7 Å². The fraction of sp³-hybridized carbons (Fsp3) is 0.533. The summed E-state index contributed by atoms with van der Waals surface area (Å²) in [4.78, 5) is 12.4. The molecule has 0 radical (unpaired) electrons. The van der Waals surface area contributed by atoms with Gasteiger partial charge in [0.05, 0.1) is 19.8 Å². The third-order valence-electron chi connectivity index (χ3n) is 3.80. The van der Waals surface area contributed by atoms with E-state index in [-0.39, 0.29) is 24.4 Å². The summed E-state index contributed by atoms with van der Waals surface area (Å²) in [5.74, 6) is 1.57. The molecule has 0 spiro atoms. The van der Waals surface area contributed by atoms with Gasteiger partial charge in [-0.05, 0) is 31.0 Å². The number of ether oxygens (including phenoxy) is 2. The lowest BCUT2D eigenvalue weighted by Gasteiger charge is -2.30. The Labute approximate surface area is 131 Å². The first-order chi connectivity index (χ1) is 9.65. The summed E-state index contributed by atoms with van der Waals surface area (Å²) in [7, 11) is 3.14. The second kappa shape index (κ2) is 8.10. The summed E-state index contributed by atoms with van der Waals surface area (Å²) in [6, 6.07) is 5.37. The van der Waals surface area contributed by atoms with Crippen molar-refractivity contribution in [3.63, 3.8) is 0 Å². The Morgan fingerprint density at radius 3 is 2.71 bits per heavy atom. The second-order valence-electron chi connectivity index (χ2n) is 5.12. The number of benzene rings is 1. The zero-order valence-corrected chi connectivity index (χ0v) is 13.5. The summed E-state index contributed by atoms with van der Waals surface area (Å²) in [5, 5.41) is 6.38. The molecule has 5 nitrogen and oxygen atoms in total. The Kier molecular flexibility index (Phi) is 6.78. The third-order valence-corrected chi connectivity index (χ3v) is 3.80. The molecule has 6 heteroatoms. The molecule has 1 aromatic rings. The van der Waals surface area contributed by atoms with Gasteiger partial charge >= 0.3 is 0 Å². The highest BCUT2D eigenvalue weighted by atomic mass is 35.5. The number of halogens is 1. The molecule has 2 unspecified atom stereocenters. The molecule has 21 heavy (non-hydrogen) atoms. The maximum Gasteiger partial charge on any atom is 0.255 e. The lowest BCUT2D eigenvalue weighted by atomic mass is 9.94. The van der Waals surface area contributed by atoms with Crippen LogP contribution in [0.15, 0.2) is 18.2 Å².